The molecule has 1 aliphatic heterocycles. The summed E-state index contributed by atoms with van der Waals surface area (Å²) < 4.78 is 34.6. The molecule has 160 valence electrons. The molecule has 0 spiro atoms. The first kappa shape index (κ1) is 21.9. The summed E-state index contributed by atoms with van der Waals surface area (Å²) in [4.78, 5) is 14.8. The molecule has 6 nitrogen and oxygen atoms in total. The van der Waals surface area contributed by atoms with E-state index in [1.165, 1.54) is 0 Å². The van der Waals surface area contributed by atoms with Gasteiger partial charge in [-0.1, -0.05) is 12.1 Å². The third-order valence-corrected chi connectivity index (χ3v) is 6.83. The Morgan fingerprint density at radius 3 is 2.47 bits per heavy atom. The van der Waals surface area contributed by atoms with Gasteiger partial charge in [0, 0.05) is 12.6 Å². The number of aryl methyl sites for hydroxylation is 3. The average molecular weight is 429 g/mol. The Hall–Kier alpha value is -2.80. The highest BCUT2D eigenvalue weighted by molar-refractivity contribution is 7.92. The number of nitrogens with zero attached hydrogens (tertiary/aromatic N) is 1. The van der Waals surface area contributed by atoms with E-state index in [9.17, 15) is 13.2 Å². The molecule has 0 saturated heterocycles. The zero-order valence-corrected chi connectivity index (χ0v) is 18.9. The average Bonchev–Trinajstić information content (AvgIpc) is 2.75. The molecule has 1 heterocycles. The molecule has 0 aliphatic carbocycles. The highest BCUT2D eigenvalue weighted by Crippen LogP contribution is 2.38. The van der Waals surface area contributed by atoms with Gasteiger partial charge in [-0.15, -0.1) is 6.58 Å². The number of hydrogen-bond donors (Lipinski definition) is 1. The normalized spacial score (nSPS) is 15.8. The van der Waals surface area contributed by atoms with Gasteiger partial charge in [-0.25, -0.2) is 8.42 Å². The number of nitrogens with one attached hydrogen (secondary N) is 1. The van der Waals surface area contributed by atoms with Crippen molar-refractivity contribution in [3.05, 3.63) is 59.7 Å². The Morgan fingerprint density at radius 2 is 1.80 bits per heavy atom. The fourth-order valence-electron chi connectivity index (χ4n) is 3.45. The fraction of sp³-hybridized carbons (Fsp3) is 0.348. The molecule has 0 bridgehead atoms. The van der Waals surface area contributed by atoms with Crippen LogP contribution in [-0.4, -0.2) is 27.5 Å². The summed E-state index contributed by atoms with van der Waals surface area (Å²) in [5, 5.41) is 0. The number of rotatable bonds is 5. The molecule has 0 fully saturated rings. The number of amides is 1. The van der Waals surface area contributed by atoms with E-state index in [2.05, 4.69) is 11.3 Å². The monoisotopic (exact) mass is 428 g/mol. The quantitative estimate of drug-likeness (QED) is 0.719. The van der Waals surface area contributed by atoms with Gasteiger partial charge in [-0.2, -0.15) is 0 Å². The topological polar surface area (TPSA) is 75.7 Å². The van der Waals surface area contributed by atoms with Crippen molar-refractivity contribution in [1.29, 1.82) is 0 Å². The Morgan fingerprint density at radius 1 is 1.13 bits per heavy atom. The molecule has 1 amide bonds. The molecule has 1 N–H and O–H groups in total. The summed E-state index contributed by atoms with van der Waals surface area (Å²) in [5.41, 5.74) is 2.89. The lowest BCUT2D eigenvalue weighted by Gasteiger charge is -2.27. The molecule has 3 rings (SSSR count). The predicted molar refractivity (Wildman–Crippen MR) is 120 cm³/mol. The van der Waals surface area contributed by atoms with E-state index in [4.69, 9.17) is 4.74 Å². The second-order valence-electron chi connectivity index (χ2n) is 8.37. The van der Waals surface area contributed by atoms with Gasteiger partial charge in [-0.05, 0) is 69.5 Å². The molecule has 0 atom stereocenters. The maximum atomic E-state index is 13.0. The van der Waals surface area contributed by atoms with Crippen molar-refractivity contribution < 1.29 is 17.9 Å². The van der Waals surface area contributed by atoms with E-state index < -0.39 is 15.4 Å². The van der Waals surface area contributed by atoms with Crippen molar-refractivity contribution >= 4 is 27.3 Å². The molecular formula is C23H28N2O4S. The van der Waals surface area contributed by atoms with Gasteiger partial charge >= 0.3 is 0 Å². The summed E-state index contributed by atoms with van der Waals surface area (Å²) >= 11 is 0. The number of hydrogen-bond acceptors (Lipinski definition) is 4. The minimum atomic E-state index is -3.78. The van der Waals surface area contributed by atoms with Crippen LogP contribution in [0.1, 0.15) is 30.5 Å². The van der Waals surface area contributed by atoms with E-state index in [0.29, 0.717) is 29.2 Å². The second-order valence-corrected chi connectivity index (χ2v) is 10.0. The van der Waals surface area contributed by atoms with Crippen LogP contribution in [0.3, 0.4) is 0 Å². The Bertz CT molecular complexity index is 1120. The van der Waals surface area contributed by atoms with Crippen LogP contribution in [0.2, 0.25) is 0 Å². The van der Waals surface area contributed by atoms with Gasteiger partial charge in [-0.3, -0.25) is 9.52 Å². The first-order valence-corrected chi connectivity index (χ1v) is 11.2. The van der Waals surface area contributed by atoms with Crippen molar-refractivity contribution in [3.63, 3.8) is 0 Å². The molecule has 0 unspecified atom stereocenters. The Kier molecular flexibility index (Phi) is 5.69. The summed E-state index contributed by atoms with van der Waals surface area (Å²) in [7, 11) is -3.78. The SMILES string of the molecule is C=CCN1C(=O)C(C)(C)COc2cc(NS(=O)(=O)c3cc(C)c(C)cc3C)ccc21. The van der Waals surface area contributed by atoms with Gasteiger partial charge in [0.05, 0.1) is 21.7 Å². The van der Waals surface area contributed by atoms with E-state index in [1.807, 2.05) is 33.8 Å². The summed E-state index contributed by atoms with van der Waals surface area (Å²) in [5.74, 6) is 0.382. The first-order chi connectivity index (χ1) is 14.0. The van der Waals surface area contributed by atoms with Crippen LogP contribution in [0, 0.1) is 26.2 Å². The lowest BCUT2D eigenvalue weighted by molar-refractivity contribution is -0.127. The van der Waals surface area contributed by atoms with E-state index in [0.717, 1.165) is 11.1 Å². The first-order valence-electron chi connectivity index (χ1n) is 9.76. The van der Waals surface area contributed by atoms with Crippen LogP contribution >= 0.6 is 0 Å². The molecular weight excluding hydrogens is 400 g/mol. The molecule has 30 heavy (non-hydrogen) atoms. The number of carbonyl (C=O) groups excluding carboxylic acids is 1. The van der Waals surface area contributed by atoms with E-state index in [1.54, 1.807) is 42.2 Å². The molecule has 2 aromatic rings. The smallest absolute Gasteiger partial charge is 0.262 e. The Labute approximate surface area is 178 Å². The van der Waals surface area contributed by atoms with Gasteiger partial charge < -0.3 is 9.64 Å². The van der Waals surface area contributed by atoms with E-state index >= 15 is 0 Å². The second kappa shape index (κ2) is 7.80. The molecule has 0 saturated carbocycles. The minimum absolute atomic E-state index is 0.0692. The van der Waals surface area contributed by atoms with Gasteiger partial charge in [0.15, 0.2) is 0 Å². The molecule has 0 aromatic heterocycles. The largest absolute Gasteiger partial charge is 0.490 e. The highest BCUT2D eigenvalue weighted by Gasteiger charge is 2.37. The van der Waals surface area contributed by atoms with Gasteiger partial charge in [0.1, 0.15) is 12.4 Å². The zero-order valence-electron chi connectivity index (χ0n) is 18.1. The number of ether oxygens (including phenoxy) is 1. The maximum Gasteiger partial charge on any atom is 0.262 e. The summed E-state index contributed by atoms with van der Waals surface area (Å²) in [6, 6.07) is 8.50. The number of sulfonamides is 1. The maximum absolute atomic E-state index is 13.0. The number of anilines is 2. The number of fused-ring (bicyclic) bond motifs is 1. The van der Waals surface area contributed by atoms with Crippen LogP contribution in [0.4, 0.5) is 11.4 Å². The number of carbonyl (C=O) groups is 1. The van der Waals surface area contributed by atoms with Crippen molar-refractivity contribution in [1.82, 2.24) is 0 Å². The van der Waals surface area contributed by atoms with Crippen molar-refractivity contribution in [2.75, 3.05) is 22.8 Å². The number of benzene rings is 2. The van der Waals surface area contributed by atoms with Crippen molar-refractivity contribution in [2.24, 2.45) is 5.41 Å². The summed E-state index contributed by atoms with van der Waals surface area (Å²) in [6.07, 6.45) is 1.65. The molecule has 7 heteroatoms. The molecule has 1 aliphatic rings. The molecule has 2 aromatic carbocycles. The van der Waals surface area contributed by atoms with Gasteiger partial charge in [0.25, 0.3) is 10.0 Å². The Balaban J connectivity index is 1.99. The molecule has 0 radical (unpaired) electrons. The van der Waals surface area contributed by atoms with E-state index in [-0.39, 0.29) is 17.4 Å². The third kappa shape index (κ3) is 4.07. The highest BCUT2D eigenvalue weighted by atomic mass is 32.2. The lowest BCUT2D eigenvalue weighted by Crippen LogP contribution is -2.42. The van der Waals surface area contributed by atoms with Crippen molar-refractivity contribution in [3.8, 4) is 5.75 Å². The van der Waals surface area contributed by atoms with Crippen LogP contribution in [-0.2, 0) is 14.8 Å². The lowest BCUT2D eigenvalue weighted by atomic mass is 9.93. The van der Waals surface area contributed by atoms with Crippen LogP contribution < -0.4 is 14.4 Å². The third-order valence-electron chi connectivity index (χ3n) is 5.31. The fourth-order valence-corrected chi connectivity index (χ4v) is 4.82. The van der Waals surface area contributed by atoms with Crippen LogP contribution in [0.5, 0.6) is 5.75 Å². The van der Waals surface area contributed by atoms with Gasteiger partial charge in [0.2, 0.25) is 5.91 Å². The standard InChI is InChI=1S/C23H28N2O4S/c1-7-10-25-19-9-8-18(13-20(19)29-14-23(5,6)22(25)26)24-30(27,28)21-12-16(3)15(2)11-17(21)4/h7-9,11-13,24H,1,10,14H2,2-6H3. The minimum Gasteiger partial charge on any atom is -0.490 e. The summed E-state index contributed by atoms with van der Waals surface area (Å²) in [6.45, 7) is 13.5. The predicted octanol–water partition coefficient (Wildman–Crippen LogP) is 4.35. The van der Waals surface area contributed by atoms with Crippen LogP contribution in [0.15, 0.2) is 47.9 Å². The zero-order chi connectivity index (χ0) is 22.3. The van der Waals surface area contributed by atoms with Crippen LogP contribution in [0.25, 0.3) is 0 Å². The van der Waals surface area contributed by atoms with Crippen molar-refractivity contribution in [2.45, 2.75) is 39.5 Å².